The molecule has 0 aromatic carbocycles. The Morgan fingerprint density at radius 2 is 1.24 bits per heavy atom. The van der Waals surface area contributed by atoms with Gasteiger partial charge in [0.25, 0.3) is 0 Å². The number of hydrogen-bond acceptors (Lipinski definition) is 2. The van der Waals surface area contributed by atoms with E-state index < -0.39 is 0 Å². The van der Waals surface area contributed by atoms with Crippen molar-refractivity contribution < 1.29 is 0 Å². The van der Waals surface area contributed by atoms with E-state index in [0.29, 0.717) is 22.9 Å². The summed E-state index contributed by atoms with van der Waals surface area (Å²) in [6.07, 6.45) is 8.31. The van der Waals surface area contributed by atoms with Crippen LogP contribution in [-0.4, -0.2) is 12.1 Å². The van der Waals surface area contributed by atoms with Gasteiger partial charge in [0.05, 0.1) is 0 Å². The molecular formula is C14H27ClN2. The maximum Gasteiger partial charge on any atom is 0.00674 e. The molecule has 4 N–H and O–H groups in total. The van der Waals surface area contributed by atoms with Crippen molar-refractivity contribution in [2.75, 3.05) is 0 Å². The Morgan fingerprint density at radius 3 is 1.53 bits per heavy atom. The van der Waals surface area contributed by atoms with Crippen LogP contribution in [0.2, 0.25) is 0 Å². The third kappa shape index (κ3) is 1.84. The van der Waals surface area contributed by atoms with Gasteiger partial charge >= 0.3 is 0 Å². The Morgan fingerprint density at radius 1 is 0.882 bits per heavy atom. The lowest BCUT2D eigenvalue weighted by Gasteiger charge is -2.64. The first kappa shape index (κ1) is 13.6. The summed E-state index contributed by atoms with van der Waals surface area (Å²) < 4.78 is 0. The molecule has 4 aliphatic rings. The second-order valence-corrected chi connectivity index (χ2v) is 7.26. The minimum Gasteiger partial charge on any atom is -0.327 e. The van der Waals surface area contributed by atoms with E-state index in [0.717, 1.165) is 11.8 Å². The van der Waals surface area contributed by atoms with Crippen LogP contribution in [0.25, 0.3) is 0 Å². The fourth-order valence-electron chi connectivity index (χ4n) is 5.47. The van der Waals surface area contributed by atoms with Gasteiger partial charge in [-0.1, -0.05) is 0 Å². The van der Waals surface area contributed by atoms with Gasteiger partial charge in [0.2, 0.25) is 0 Å². The molecule has 2 atom stereocenters. The largest absolute Gasteiger partial charge is 0.327 e. The van der Waals surface area contributed by atoms with E-state index in [1.54, 1.807) is 0 Å². The predicted octanol–water partition coefficient (Wildman–Crippen LogP) is 2.69. The summed E-state index contributed by atoms with van der Waals surface area (Å²) in [7, 11) is 0. The molecule has 0 radical (unpaired) electrons. The normalized spacial score (nSPS) is 50.8. The Kier molecular flexibility index (Phi) is 3.30. The Balaban J connectivity index is 0.00000108. The maximum atomic E-state index is 6.31. The van der Waals surface area contributed by atoms with E-state index in [1.165, 1.54) is 38.5 Å². The lowest BCUT2D eigenvalue weighted by atomic mass is 9.41. The Labute approximate surface area is 111 Å². The highest BCUT2D eigenvalue weighted by molar-refractivity contribution is 5.85. The van der Waals surface area contributed by atoms with Crippen LogP contribution in [0.4, 0.5) is 0 Å². The van der Waals surface area contributed by atoms with Gasteiger partial charge in [-0.2, -0.15) is 0 Å². The fraction of sp³-hybridized carbons (Fsp3) is 1.00. The van der Waals surface area contributed by atoms with Crippen LogP contribution in [-0.2, 0) is 0 Å². The van der Waals surface area contributed by atoms with E-state index in [1.807, 2.05) is 0 Å². The van der Waals surface area contributed by atoms with Crippen molar-refractivity contribution >= 4 is 12.4 Å². The first-order valence-electron chi connectivity index (χ1n) is 6.97. The molecule has 2 unspecified atom stereocenters. The van der Waals surface area contributed by atoms with Crippen LogP contribution < -0.4 is 11.5 Å². The highest BCUT2D eigenvalue weighted by Gasteiger charge is 2.59. The number of halogens is 1. The van der Waals surface area contributed by atoms with Crippen molar-refractivity contribution in [1.29, 1.82) is 0 Å². The standard InChI is InChI=1S/C14H26N2.ClH/c1-9(15)13-4-11-3-12(5-13)7-14(6-11,8-13)10(2)16;/h9-12H,3-8,15-16H2,1-2H3;1H. The van der Waals surface area contributed by atoms with Gasteiger partial charge in [-0.15, -0.1) is 12.4 Å². The molecule has 17 heavy (non-hydrogen) atoms. The van der Waals surface area contributed by atoms with Crippen LogP contribution in [0, 0.1) is 22.7 Å². The highest BCUT2D eigenvalue weighted by Crippen LogP contribution is 2.66. The number of rotatable bonds is 2. The Hall–Kier alpha value is 0.210. The molecule has 3 heteroatoms. The van der Waals surface area contributed by atoms with E-state index in [9.17, 15) is 0 Å². The molecule has 4 bridgehead atoms. The smallest absolute Gasteiger partial charge is 0.00674 e. The summed E-state index contributed by atoms with van der Waals surface area (Å²) in [6, 6.07) is 0.716. The van der Waals surface area contributed by atoms with E-state index >= 15 is 0 Å². The second-order valence-electron chi connectivity index (χ2n) is 7.26. The van der Waals surface area contributed by atoms with Gasteiger partial charge in [0, 0.05) is 12.1 Å². The minimum atomic E-state index is 0. The zero-order valence-corrected chi connectivity index (χ0v) is 11.9. The maximum absolute atomic E-state index is 6.31. The highest BCUT2D eigenvalue weighted by atomic mass is 35.5. The van der Waals surface area contributed by atoms with Crippen molar-refractivity contribution in [3.8, 4) is 0 Å². The SMILES string of the molecule is CC(N)C12CC3CC(C1)CC(C(C)N)(C3)C2.Cl. The first-order valence-corrected chi connectivity index (χ1v) is 6.97. The molecule has 4 saturated carbocycles. The summed E-state index contributed by atoms with van der Waals surface area (Å²) in [5.41, 5.74) is 13.5. The summed E-state index contributed by atoms with van der Waals surface area (Å²) in [5.74, 6) is 1.86. The molecule has 0 amide bonds. The summed E-state index contributed by atoms with van der Waals surface area (Å²) >= 11 is 0. The molecule has 4 fully saturated rings. The average Bonchev–Trinajstić information content (AvgIpc) is 2.14. The summed E-state index contributed by atoms with van der Waals surface area (Å²) in [4.78, 5) is 0. The van der Waals surface area contributed by atoms with Gasteiger partial charge in [-0.05, 0) is 75.0 Å². The quantitative estimate of drug-likeness (QED) is 0.800. The lowest BCUT2D eigenvalue weighted by molar-refractivity contribution is -0.126. The van der Waals surface area contributed by atoms with Gasteiger partial charge < -0.3 is 11.5 Å². The third-order valence-electron chi connectivity index (χ3n) is 6.08. The van der Waals surface area contributed by atoms with Crippen LogP contribution in [0.15, 0.2) is 0 Å². The molecule has 4 aliphatic carbocycles. The van der Waals surface area contributed by atoms with Crippen molar-refractivity contribution in [1.82, 2.24) is 0 Å². The van der Waals surface area contributed by atoms with E-state index in [-0.39, 0.29) is 12.4 Å². The molecule has 0 spiro atoms. The zero-order chi connectivity index (χ0) is 11.6. The second kappa shape index (κ2) is 4.11. The first-order chi connectivity index (χ1) is 7.46. The molecular weight excluding hydrogens is 232 g/mol. The molecule has 0 saturated heterocycles. The predicted molar refractivity (Wildman–Crippen MR) is 74.1 cm³/mol. The monoisotopic (exact) mass is 258 g/mol. The molecule has 0 heterocycles. The van der Waals surface area contributed by atoms with Crippen molar-refractivity contribution in [2.45, 2.75) is 64.5 Å². The van der Waals surface area contributed by atoms with Crippen molar-refractivity contribution in [3.05, 3.63) is 0 Å². The van der Waals surface area contributed by atoms with Gasteiger partial charge in [-0.3, -0.25) is 0 Å². The van der Waals surface area contributed by atoms with E-state index in [4.69, 9.17) is 11.5 Å². The summed E-state index contributed by atoms with van der Waals surface area (Å²) in [6.45, 7) is 4.45. The van der Waals surface area contributed by atoms with Crippen molar-refractivity contribution in [2.24, 2.45) is 34.1 Å². The van der Waals surface area contributed by atoms with Gasteiger partial charge in [0.1, 0.15) is 0 Å². The molecule has 0 aromatic rings. The Bertz CT molecular complexity index is 261. The number of hydrogen-bond donors (Lipinski definition) is 2. The third-order valence-corrected chi connectivity index (χ3v) is 6.08. The van der Waals surface area contributed by atoms with Crippen LogP contribution >= 0.6 is 12.4 Å². The zero-order valence-electron chi connectivity index (χ0n) is 11.1. The molecule has 2 nitrogen and oxygen atoms in total. The topological polar surface area (TPSA) is 52.0 Å². The molecule has 100 valence electrons. The number of nitrogens with two attached hydrogens (primary N) is 2. The fourth-order valence-corrected chi connectivity index (χ4v) is 5.47. The minimum absolute atomic E-state index is 0. The summed E-state index contributed by atoms with van der Waals surface area (Å²) in [5, 5.41) is 0. The van der Waals surface area contributed by atoms with E-state index in [2.05, 4.69) is 13.8 Å². The molecule has 0 aliphatic heterocycles. The van der Waals surface area contributed by atoms with Crippen LogP contribution in [0.1, 0.15) is 52.4 Å². The van der Waals surface area contributed by atoms with Gasteiger partial charge in [-0.25, -0.2) is 0 Å². The van der Waals surface area contributed by atoms with Crippen molar-refractivity contribution in [3.63, 3.8) is 0 Å². The molecule has 4 rings (SSSR count). The molecule has 0 aromatic heterocycles. The van der Waals surface area contributed by atoms with Crippen LogP contribution in [0.3, 0.4) is 0 Å². The van der Waals surface area contributed by atoms with Crippen LogP contribution in [0.5, 0.6) is 0 Å². The van der Waals surface area contributed by atoms with Gasteiger partial charge in [0.15, 0.2) is 0 Å². The average molecular weight is 259 g/mol. The lowest BCUT2D eigenvalue weighted by Crippen LogP contribution is -2.61.